The van der Waals surface area contributed by atoms with E-state index in [4.69, 9.17) is 5.73 Å². The minimum absolute atomic E-state index is 0.0766. The van der Waals surface area contributed by atoms with Gasteiger partial charge in [-0.3, -0.25) is 9.89 Å². The zero-order valence-electron chi connectivity index (χ0n) is 10.1. The maximum atomic E-state index is 12.0. The molecular weight excluding hydrogens is 204 g/mol. The standard InChI is InChI=1S/C11H20N4O/c1-4-11(12,5-2)10(16)15-8(3)9-6-13-14-7-9/h6-8H,4-5,12H2,1-3H3,(H,13,14)(H,15,16). The number of aromatic amines is 1. The fraction of sp³-hybridized carbons (Fsp3) is 0.636. The maximum Gasteiger partial charge on any atom is 0.240 e. The molecule has 0 saturated carbocycles. The summed E-state index contributed by atoms with van der Waals surface area (Å²) in [6, 6.07) is -0.0766. The lowest BCUT2D eigenvalue weighted by Crippen LogP contribution is -2.53. The zero-order valence-corrected chi connectivity index (χ0v) is 10.1. The van der Waals surface area contributed by atoms with Crippen molar-refractivity contribution in [1.29, 1.82) is 0 Å². The third-order valence-electron chi connectivity index (χ3n) is 3.08. The van der Waals surface area contributed by atoms with Crippen LogP contribution in [-0.2, 0) is 4.79 Å². The monoisotopic (exact) mass is 224 g/mol. The molecule has 0 aliphatic heterocycles. The predicted octanol–water partition coefficient (Wildman–Crippen LogP) is 1.10. The maximum absolute atomic E-state index is 12.0. The van der Waals surface area contributed by atoms with E-state index in [0.717, 1.165) is 5.56 Å². The Labute approximate surface area is 95.8 Å². The highest BCUT2D eigenvalue weighted by atomic mass is 16.2. The van der Waals surface area contributed by atoms with Crippen LogP contribution in [0, 0.1) is 0 Å². The molecule has 0 aliphatic rings. The number of nitrogens with two attached hydrogens (primary N) is 1. The number of carbonyl (C=O) groups is 1. The average Bonchev–Trinajstić information content (AvgIpc) is 2.81. The summed E-state index contributed by atoms with van der Waals surface area (Å²) in [5.41, 5.74) is 6.19. The van der Waals surface area contributed by atoms with E-state index in [2.05, 4.69) is 15.5 Å². The zero-order chi connectivity index (χ0) is 12.2. The van der Waals surface area contributed by atoms with Crippen LogP contribution < -0.4 is 11.1 Å². The molecular formula is C11H20N4O. The fourth-order valence-electron chi connectivity index (χ4n) is 1.49. The molecule has 1 atom stereocenters. The normalized spacial score (nSPS) is 13.5. The second kappa shape index (κ2) is 5.12. The molecule has 16 heavy (non-hydrogen) atoms. The van der Waals surface area contributed by atoms with Crippen molar-refractivity contribution in [2.45, 2.75) is 45.2 Å². The van der Waals surface area contributed by atoms with Crippen LogP contribution in [0.3, 0.4) is 0 Å². The van der Waals surface area contributed by atoms with Crippen LogP contribution >= 0.6 is 0 Å². The lowest BCUT2D eigenvalue weighted by Gasteiger charge is -2.27. The SMILES string of the molecule is CCC(N)(CC)C(=O)NC(C)c1cn[nH]c1. The van der Waals surface area contributed by atoms with Crippen LogP contribution in [0.15, 0.2) is 12.4 Å². The third kappa shape index (κ3) is 2.61. The number of hydrogen-bond acceptors (Lipinski definition) is 3. The quantitative estimate of drug-likeness (QED) is 0.700. The first-order chi connectivity index (χ1) is 7.53. The Morgan fingerprint density at radius 3 is 2.69 bits per heavy atom. The molecule has 0 saturated heterocycles. The minimum atomic E-state index is -0.766. The Kier molecular flexibility index (Phi) is 4.06. The Balaban J connectivity index is 2.64. The van der Waals surface area contributed by atoms with Crippen molar-refractivity contribution in [3.63, 3.8) is 0 Å². The molecule has 5 heteroatoms. The van der Waals surface area contributed by atoms with Gasteiger partial charge in [-0.15, -0.1) is 0 Å². The van der Waals surface area contributed by atoms with E-state index in [0.29, 0.717) is 12.8 Å². The second-order valence-electron chi connectivity index (χ2n) is 4.09. The largest absolute Gasteiger partial charge is 0.348 e. The highest BCUT2D eigenvalue weighted by Gasteiger charge is 2.30. The number of hydrogen-bond donors (Lipinski definition) is 3. The van der Waals surface area contributed by atoms with E-state index in [-0.39, 0.29) is 11.9 Å². The van der Waals surface area contributed by atoms with Gasteiger partial charge in [0.05, 0.1) is 17.8 Å². The fourth-order valence-corrected chi connectivity index (χ4v) is 1.49. The molecule has 4 N–H and O–H groups in total. The summed E-state index contributed by atoms with van der Waals surface area (Å²) in [7, 11) is 0. The van der Waals surface area contributed by atoms with Gasteiger partial charge in [-0.2, -0.15) is 5.10 Å². The summed E-state index contributed by atoms with van der Waals surface area (Å²) in [6.45, 7) is 5.76. The van der Waals surface area contributed by atoms with Gasteiger partial charge in [-0.05, 0) is 19.8 Å². The molecule has 0 aromatic carbocycles. The van der Waals surface area contributed by atoms with Crippen molar-refractivity contribution in [1.82, 2.24) is 15.5 Å². The van der Waals surface area contributed by atoms with Crippen LogP contribution in [0.4, 0.5) is 0 Å². The van der Waals surface area contributed by atoms with Crippen molar-refractivity contribution in [3.8, 4) is 0 Å². The van der Waals surface area contributed by atoms with Gasteiger partial charge in [0.25, 0.3) is 0 Å². The van der Waals surface area contributed by atoms with Crippen LogP contribution in [-0.4, -0.2) is 21.6 Å². The van der Waals surface area contributed by atoms with Crippen LogP contribution in [0.2, 0.25) is 0 Å². The predicted molar refractivity (Wildman–Crippen MR) is 62.6 cm³/mol. The van der Waals surface area contributed by atoms with Crippen molar-refractivity contribution in [2.75, 3.05) is 0 Å². The molecule has 0 aliphatic carbocycles. The topological polar surface area (TPSA) is 83.8 Å². The van der Waals surface area contributed by atoms with E-state index in [1.54, 1.807) is 12.4 Å². The minimum Gasteiger partial charge on any atom is -0.348 e. The molecule has 0 fully saturated rings. The van der Waals surface area contributed by atoms with Gasteiger partial charge in [-0.25, -0.2) is 0 Å². The van der Waals surface area contributed by atoms with Gasteiger partial charge < -0.3 is 11.1 Å². The van der Waals surface area contributed by atoms with E-state index < -0.39 is 5.54 Å². The smallest absolute Gasteiger partial charge is 0.240 e. The van der Waals surface area contributed by atoms with Crippen LogP contribution in [0.1, 0.15) is 45.2 Å². The molecule has 1 amide bonds. The summed E-state index contributed by atoms with van der Waals surface area (Å²) in [5, 5.41) is 9.46. The van der Waals surface area contributed by atoms with E-state index in [9.17, 15) is 4.79 Å². The first-order valence-corrected chi connectivity index (χ1v) is 5.62. The Morgan fingerprint density at radius 1 is 1.62 bits per heavy atom. The summed E-state index contributed by atoms with van der Waals surface area (Å²) in [6.07, 6.45) is 4.73. The lowest BCUT2D eigenvalue weighted by atomic mass is 9.92. The molecule has 1 rings (SSSR count). The van der Waals surface area contributed by atoms with Gasteiger partial charge in [-0.1, -0.05) is 13.8 Å². The first kappa shape index (κ1) is 12.7. The number of nitrogens with one attached hydrogen (secondary N) is 2. The number of rotatable bonds is 5. The molecule has 5 nitrogen and oxygen atoms in total. The van der Waals surface area contributed by atoms with Crippen molar-refractivity contribution in [3.05, 3.63) is 18.0 Å². The molecule has 1 unspecified atom stereocenters. The third-order valence-corrected chi connectivity index (χ3v) is 3.08. The molecule has 0 radical (unpaired) electrons. The first-order valence-electron chi connectivity index (χ1n) is 5.62. The highest BCUT2D eigenvalue weighted by molar-refractivity contribution is 5.86. The number of nitrogens with zero attached hydrogens (tertiary/aromatic N) is 1. The molecule has 0 spiro atoms. The number of carbonyl (C=O) groups excluding carboxylic acids is 1. The lowest BCUT2D eigenvalue weighted by molar-refractivity contribution is -0.127. The van der Waals surface area contributed by atoms with E-state index in [1.165, 1.54) is 0 Å². The Morgan fingerprint density at radius 2 is 2.25 bits per heavy atom. The van der Waals surface area contributed by atoms with Crippen molar-refractivity contribution < 1.29 is 4.79 Å². The molecule has 90 valence electrons. The Hall–Kier alpha value is -1.36. The van der Waals surface area contributed by atoms with Crippen LogP contribution in [0.25, 0.3) is 0 Å². The molecule has 1 aromatic heterocycles. The highest BCUT2D eigenvalue weighted by Crippen LogP contribution is 2.15. The second-order valence-corrected chi connectivity index (χ2v) is 4.09. The van der Waals surface area contributed by atoms with Crippen molar-refractivity contribution >= 4 is 5.91 Å². The van der Waals surface area contributed by atoms with Crippen molar-refractivity contribution in [2.24, 2.45) is 5.73 Å². The summed E-state index contributed by atoms with van der Waals surface area (Å²) in [4.78, 5) is 12.0. The number of aromatic nitrogens is 2. The average molecular weight is 224 g/mol. The number of amides is 1. The van der Waals surface area contributed by atoms with Gasteiger partial charge in [0.2, 0.25) is 5.91 Å². The molecule has 0 bridgehead atoms. The van der Waals surface area contributed by atoms with Gasteiger partial charge in [0.15, 0.2) is 0 Å². The molecule has 1 aromatic rings. The van der Waals surface area contributed by atoms with Gasteiger partial charge in [0, 0.05) is 11.8 Å². The van der Waals surface area contributed by atoms with Gasteiger partial charge >= 0.3 is 0 Å². The summed E-state index contributed by atoms with van der Waals surface area (Å²) >= 11 is 0. The van der Waals surface area contributed by atoms with E-state index >= 15 is 0 Å². The summed E-state index contributed by atoms with van der Waals surface area (Å²) in [5.74, 6) is -0.105. The Bertz CT molecular complexity index is 330. The van der Waals surface area contributed by atoms with Crippen LogP contribution in [0.5, 0.6) is 0 Å². The molecule has 1 heterocycles. The number of H-pyrrole nitrogens is 1. The van der Waals surface area contributed by atoms with E-state index in [1.807, 2.05) is 20.8 Å². The summed E-state index contributed by atoms with van der Waals surface area (Å²) < 4.78 is 0. The van der Waals surface area contributed by atoms with Gasteiger partial charge in [0.1, 0.15) is 0 Å².